The molecule has 1 aromatic carbocycles. The lowest BCUT2D eigenvalue weighted by atomic mass is 10.0. The minimum absolute atomic E-state index is 0.650. The molecule has 0 amide bonds. The highest BCUT2D eigenvalue weighted by molar-refractivity contribution is 7.20. The van der Waals surface area contributed by atoms with Crippen LogP contribution in [0.1, 0.15) is 18.4 Å². The molecule has 1 saturated heterocycles. The Morgan fingerprint density at radius 1 is 1.29 bits per heavy atom. The molecular formula is C17H17N5OS. The van der Waals surface area contributed by atoms with Gasteiger partial charge in [-0.05, 0) is 30.9 Å². The number of ether oxygens (including phenoxy) is 1. The number of fused-ring (bicyclic) bond motifs is 1. The highest BCUT2D eigenvalue weighted by Gasteiger charge is 2.15. The largest absolute Gasteiger partial charge is 0.381 e. The molecule has 0 unspecified atom stereocenters. The van der Waals surface area contributed by atoms with Crippen molar-refractivity contribution in [2.75, 3.05) is 25.1 Å². The van der Waals surface area contributed by atoms with Gasteiger partial charge < -0.3 is 10.1 Å². The fourth-order valence-electron chi connectivity index (χ4n) is 2.81. The maximum absolute atomic E-state index is 8.86. The molecule has 0 bridgehead atoms. The molecule has 0 spiro atoms. The molecule has 0 radical (unpaired) electrons. The minimum Gasteiger partial charge on any atom is -0.381 e. The van der Waals surface area contributed by atoms with Crippen LogP contribution in [-0.2, 0) is 4.74 Å². The van der Waals surface area contributed by atoms with Gasteiger partial charge in [-0.25, -0.2) is 9.50 Å². The predicted molar refractivity (Wildman–Crippen MR) is 93.0 cm³/mol. The van der Waals surface area contributed by atoms with Crippen LogP contribution in [0.2, 0.25) is 0 Å². The molecule has 1 N–H and O–H groups in total. The number of nitrogens with zero attached hydrogens (tertiary/aromatic N) is 4. The Labute approximate surface area is 143 Å². The summed E-state index contributed by atoms with van der Waals surface area (Å²) in [6.07, 6.45) is 4.14. The summed E-state index contributed by atoms with van der Waals surface area (Å²) in [5.74, 6) is 0.657. The van der Waals surface area contributed by atoms with Crippen molar-refractivity contribution in [3.8, 4) is 17.3 Å². The molecule has 0 saturated carbocycles. The molecule has 122 valence electrons. The molecule has 6 nitrogen and oxygen atoms in total. The lowest BCUT2D eigenvalue weighted by Crippen LogP contribution is -2.22. The highest BCUT2D eigenvalue weighted by Crippen LogP contribution is 2.25. The molecular weight excluding hydrogens is 322 g/mol. The third-order valence-electron chi connectivity index (χ3n) is 4.24. The maximum atomic E-state index is 8.86. The molecule has 2 aromatic heterocycles. The van der Waals surface area contributed by atoms with Crippen molar-refractivity contribution in [1.82, 2.24) is 14.6 Å². The maximum Gasteiger partial charge on any atom is 0.214 e. The van der Waals surface area contributed by atoms with E-state index in [0.717, 1.165) is 53.9 Å². The summed E-state index contributed by atoms with van der Waals surface area (Å²) in [7, 11) is 0. The first kappa shape index (κ1) is 15.1. The summed E-state index contributed by atoms with van der Waals surface area (Å²) in [6.45, 7) is 2.66. The van der Waals surface area contributed by atoms with Gasteiger partial charge in [-0.15, -0.1) is 5.10 Å². The van der Waals surface area contributed by atoms with Gasteiger partial charge in [0, 0.05) is 25.3 Å². The third-order valence-corrected chi connectivity index (χ3v) is 5.12. The number of aromatic nitrogens is 3. The Morgan fingerprint density at radius 2 is 2.08 bits per heavy atom. The van der Waals surface area contributed by atoms with E-state index in [1.165, 1.54) is 0 Å². The normalized spacial score (nSPS) is 15.5. The minimum atomic E-state index is 0.650. The van der Waals surface area contributed by atoms with Crippen molar-refractivity contribution < 1.29 is 4.74 Å². The zero-order valence-electron chi connectivity index (χ0n) is 13.1. The smallest absolute Gasteiger partial charge is 0.214 e. The summed E-state index contributed by atoms with van der Waals surface area (Å²) >= 11 is 1.56. The summed E-state index contributed by atoms with van der Waals surface area (Å²) in [4.78, 5) is 5.49. The van der Waals surface area contributed by atoms with Gasteiger partial charge in [-0.3, -0.25) is 0 Å². The number of rotatable bonds is 4. The van der Waals surface area contributed by atoms with Gasteiger partial charge in [0.2, 0.25) is 10.1 Å². The van der Waals surface area contributed by atoms with Gasteiger partial charge in [0.25, 0.3) is 0 Å². The SMILES string of the molecule is N#Cc1ccc(-c2cn3nc(NCC4CCOCC4)sc3n2)cc1. The van der Waals surface area contributed by atoms with Crippen molar-refractivity contribution in [1.29, 1.82) is 5.26 Å². The lowest BCUT2D eigenvalue weighted by molar-refractivity contribution is 0.0699. The highest BCUT2D eigenvalue weighted by atomic mass is 32.1. The van der Waals surface area contributed by atoms with E-state index in [0.29, 0.717) is 11.5 Å². The average Bonchev–Trinajstić information content (AvgIpc) is 3.19. The Bertz CT molecular complexity index is 839. The number of hydrogen-bond acceptors (Lipinski definition) is 6. The van der Waals surface area contributed by atoms with E-state index < -0.39 is 0 Å². The molecule has 3 aromatic rings. The lowest BCUT2D eigenvalue weighted by Gasteiger charge is -2.21. The van der Waals surface area contributed by atoms with Gasteiger partial charge in [-0.2, -0.15) is 5.26 Å². The van der Waals surface area contributed by atoms with Crippen molar-refractivity contribution in [2.45, 2.75) is 12.8 Å². The quantitative estimate of drug-likeness (QED) is 0.790. The summed E-state index contributed by atoms with van der Waals surface area (Å²) < 4.78 is 7.19. The average molecular weight is 339 g/mol. The molecule has 3 heterocycles. The Kier molecular flexibility index (Phi) is 4.15. The first-order valence-electron chi connectivity index (χ1n) is 8.00. The number of anilines is 1. The zero-order chi connectivity index (χ0) is 16.4. The van der Waals surface area contributed by atoms with Gasteiger partial charge in [-0.1, -0.05) is 23.5 Å². The standard InChI is InChI=1S/C17H17N5OS/c18-9-12-1-3-14(4-2-12)15-11-22-17(20-15)24-16(21-22)19-10-13-5-7-23-8-6-13/h1-4,11,13H,5-8,10H2,(H,19,21). The Hall–Kier alpha value is -2.43. The Balaban J connectivity index is 1.46. The van der Waals surface area contributed by atoms with Gasteiger partial charge in [0.15, 0.2) is 0 Å². The number of benzene rings is 1. The van der Waals surface area contributed by atoms with Crippen LogP contribution in [0.5, 0.6) is 0 Å². The van der Waals surface area contributed by atoms with Crippen LogP contribution in [0.3, 0.4) is 0 Å². The topological polar surface area (TPSA) is 75.2 Å². The van der Waals surface area contributed by atoms with Gasteiger partial charge >= 0.3 is 0 Å². The molecule has 4 rings (SSSR count). The Morgan fingerprint density at radius 3 is 2.79 bits per heavy atom. The fourth-order valence-corrected chi connectivity index (χ4v) is 3.60. The molecule has 1 fully saturated rings. The van der Waals surface area contributed by atoms with Crippen molar-refractivity contribution in [3.63, 3.8) is 0 Å². The molecule has 24 heavy (non-hydrogen) atoms. The molecule has 1 aliphatic heterocycles. The summed E-state index contributed by atoms with van der Waals surface area (Å²) in [5.41, 5.74) is 2.51. The number of nitriles is 1. The van der Waals surface area contributed by atoms with Crippen LogP contribution in [-0.4, -0.2) is 34.4 Å². The molecule has 0 atom stereocenters. The number of nitrogens with one attached hydrogen (secondary N) is 1. The second-order valence-corrected chi connectivity index (χ2v) is 6.84. The molecule has 1 aliphatic rings. The number of imidazole rings is 1. The van der Waals surface area contributed by atoms with Crippen molar-refractivity contribution in [2.24, 2.45) is 5.92 Å². The van der Waals surface area contributed by atoms with Crippen molar-refractivity contribution in [3.05, 3.63) is 36.0 Å². The second kappa shape index (κ2) is 6.59. The monoisotopic (exact) mass is 339 g/mol. The predicted octanol–water partition coefficient (Wildman–Crippen LogP) is 3.17. The van der Waals surface area contributed by atoms with Crippen LogP contribution in [0, 0.1) is 17.2 Å². The van der Waals surface area contributed by atoms with Crippen LogP contribution >= 0.6 is 11.3 Å². The fraction of sp³-hybridized carbons (Fsp3) is 0.353. The van der Waals surface area contributed by atoms with E-state index in [1.54, 1.807) is 23.5 Å². The van der Waals surface area contributed by atoms with E-state index in [2.05, 4.69) is 21.5 Å². The van der Waals surface area contributed by atoms with E-state index >= 15 is 0 Å². The first-order valence-corrected chi connectivity index (χ1v) is 8.82. The van der Waals surface area contributed by atoms with E-state index in [4.69, 9.17) is 10.00 Å². The van der Waals surface area contributed by atoms with E-state index in [-0.39, 0.29) is 0 Å². The van der Waals surface area contributed by atoms with Crippen LogP contribution in [0.25, 0.3) is 16.2 Å². The number of hydrogen-bond donors (Lipinski definition) is 1. The van der Waals surface area contributed by atoms with E-state index in [1.807, 2.05) is 22.8 Å². The van der Waals surface area contributed by atoms with Crippen LogP contribution in [0.4, 0.5) is 5.13 Å². The first-order chi connectivity index (χ1) is 11.8. The zero-order valence-corrected chi connectivity index (χ0v) is 13.9. The van der Waals surface area contributed by atoms with E-state index in [9.17, 15) is 0 Å². The molecule has 0 aliphatic carbocycles. The van der Waals surface area contributed by atoms with Crippen LogP contribution < -0.4 is 5.32 Å². The van der Waals surface area contributed by atoms with Gasteiger partial charge in [0.05, 0.1) is 23.5 Å². The summed E-state index contributed by atoms with van der Waals surface area (Å²) in [6, 6.07) is 9.55. The molecule has 7 heteroatoms. The van der Waals surface area contributed by atoms with Crippen molar-refractivity contribution >= 4 is 21.4 Å². The van der Waals surface area contributed by atoms with Gasteiger partial charge in [0.1, 0.15) is 0 Å². The van der Waals surface area contributed by atoms with Crippen LogP contribution in [0.15, 0.2) is 30.5 Å². The third kappa shape index (κ3) is 3.11. The second-order valence-electron chi connectivity index (χ2n) is 5.89. The summed E-state index contributed by atoms with van der Waals surface area (Å²) in [5, 5.41) is 17.7.